The third-order valence-electron chi connectivity index (χ3n) is 8.10. The van der Waals surface area contributed by atoms with E-state index in [0.717, 1.165) is 30.0 Å². The zero-order chi connectivity index (χ0) is 31.0. The first kappa shape index (κ1) is 29.6. The number of nitrogens with zero attached hydrogens (tertiary/aromatic N) is 3. The van der Waals surface area contributed by atoms with Gasteiger partial charge in [-0.2, -0.15) is 0 Å². The Hall–Kier alpha value is -4.50. The summed E-state index contributed by atoms with van der Waals surface area (Å²) in [6.45, 7) is 6.39. The average Bonchev–Trinajstić information content (AvgIpc) is 3.57. The largest absolute Gasteiger partial charge is 0.473 e. The number of pyridine rings is 1. The average molecular weight is 600 g/mol. The van der Waals surface area contributed by atoms with Crippen molar-refractivity contribution in [1.29, 1.82) is 0 Å². The van der Waals surface area contributed by atoms with Gasteiger partial charge in [0, 0.05) is 35.8 Å². The Labute approximate surface area is 253 Å². The predicted molar refractivity (Wildman–Crippen MR) is 161 cm³/mol. The molecular weight excluding hydrogens is 567 g/mol. The molecule has 9 heteroatoms. The fraction of sp³-hybridized carbons (Fsp3) is 0.286. The molecule has 1 aliphatic rings. The number of benzene rings is 3. The standard InChI is InChI=1S/C35H32F3N3O3/c1-21-8-9-24(27(36)14-21)19-43-34-7-4-6-30(40-34)26-18-28(37)25(15-29(26)38)17-33-39-31-11-10-23(22(2)42)16-32(31)41(33)20-35(3)12-5-13-44-35/h4,6-11,14-16,18H,5,12-13,17,19-20H2,1-3H3. The number of imidazole rings is 1. The van der Waals surface area contributed by atoms with Gasteiger partial charge in [0.15, 0.2) is 5.78 Å². The number of ketones is 1. The van der Waals surface area contributed by atoms with Crippen LogP contribution >= 0.6 is 0 Å². The van der Waals surface area contributed by atoms with Gasteiger partial charge in [0.25, 0.3) is 0 Å². The molecule has 0 amide bonds. The number of fused-ring (bicyclic) bond motifs is 1. The van der Waals surface area contributed by atoms with Crippen molar-refractivity contribution in [3.05, 3.63) is 112 Å². The van der Waals surface area contributed by atoms with Gasteiger partial charge in [-0.25, -0.2) is 23.1 Å². The molecule has 1 saturated heterocycles. The maximum absolute atomic E-state index is 15.6. The molecule has 6 rings (SSSR count). The molecule has 1 atom stereocenters. The van der Waals surface area contributed by atoms with E-state index >= 15 is 8.78 Å². The van der Waals surface area contributed by atoms with E-state index in [-0.39, 0.29) is 47.3 Å². The van der Waals surface area contributed by atoms with Gasteiger partial charge in [0.1, 0.15) is 29.9 Å². The number of carbonyl (C=O) groups excluding carboxylic acids is 1. The van der Waals surface area contributed by atoms with Crippen LogP contribution in [0, 0.1) is 24.4 Å². The Kier molecular flexibility index (Phi) is 7.98. The van der Waals surface area contributed by atoms with Crippen molar-refractivity contribution in [2.45, 2.75) is 58.8 Å². The Balaban J connectivity index is 1.29. The topological polar surface area (TPSA) is 66.2 Å². The van der Waals surface area contributed by atoms with Crippen LogP contribution in [0.4, 0.5) is 13.2 Å². The molecule has 1 unspecified atom stereocenters. The monoisotopic (exact) mass is 599 g/mol. The quantitative estimate of drug-likeness (QED) is 0.162. The van der Waals surface area contributed by atoms with Crippen LogP contribution in [0.2, 0.25) is 0 Å². The molecule has 1 fully saturated rings. The lowest BCUT2D eigenvalue weighted by atomic mass is 10.0. The number of aryl methyl sites for hydroxylation is 1. The molecule has 44 heavy (non-hydrogen) atoms. The van der Waals surface area contributed by atoms with Crippen LogP contribution in [-0.4, -0.2) is 32.5 Å². The number of hydrogen-bond donors (Lipinski definition) is 0. The van der Waals surface area contributed by atoms with E-state index in [9.17, 15) is 9.18 Å². The van der Waals surface area contributed by atoms with Gasteiger partial charge in [-0.05, 0) is 87.2 Å². The lowest BCUT2D eigenvalue weighted by Crippen LogP contribution is -2.30. The number of Topliss-reactive ketones (excluding diaryl/α,β-unsaturated/α-hetero) is 1. The lowest BCUT2D eigenvalue weighted by molar-refractivity contribution is 0.00655. The summed E-state index contributed by atoms with van der Waals surface area (Å²) in [5.74, 6) is -1.01. The molecule has 226 valence electrons. The number of hydrogen-bond acceptors (Lipinski definition) is 5. The SMILES string of the molecule is CC(=O)c1ccc2nc(Cc3cc(F)c(-c4cccc(OCc5ccc(C)cc5F)n4)cc3F)n(CC3(C)CCCO3)c2c1. The minimum absolute atomic E-state index is 0.0234. The van der Waals surface area contributed by atoms with Crippen LogP contribution in [0.25, 0.3) is 22.3 Å². The Morgan fingerprint density at radius 2 is 1.80 bits per heavy atom. The second-order valence-corrected chi connectivity index (χ2v) is 11.6. The molecule has 5 aromatic rings. The first-order valence-corrected chi connectivity index (χ1v) is 14.6. The molecule has 0 spiro atoms. The Morgan fingerprint density at radius 3 is 2.55 bits per heavy atom. The van der Waals surface area contributed by atoms with E-state index in [1.54, 1.807) is 55.5 Å². The normalized spacial score (nSPS) is 16.5. The van der Waals surface area contributed by atoms with E-state index in [1.165, 1.54) is 19.1 Å². The van der Waals surface area contributed by atoms with Crippen LogP contribution in [0.15, 0.2) is 66.7 Å². The molecule has 6 nitrogen and oxygen atoms in total. The van der Waals surface area contributed by atoms with Crippen LogP contribution in [0.1, 0.15) is 59.6 Å². The lowest BCUT2D eigenvalue weighted by Gasteiger charge is -2.25. The van der Waals surface area contributed by atoms with Crippen LogP contribution in [-0.2, 0) is 24.3 Å². The molecular formula is C35H32F3N3O3. The molecule has 0 radical (unpaired) electrons. The predicted octanol–water partition coefficient (Wildman–Crippen LogP) is 7.77. The van der Waals surface area contributed by atoms with Crippen molar-refractivity contribution in [1.82, 2.24) is 14.5 Å². The molecule has 3 heterocycles. The second kappa shape index (κ2) is 11.9. The molecule has 3 aromatic carbocycles. The number of carbonyl (C=O) groups is 1. The third-order valence-corrected chi connectivity index (χ3v) is 8.10. The van der Waals surface area contributed by atoms with Crippen molar-refractivity contribution in [2.24, 2.45) is 0 Å². The first-order chi connectivity index (χ1) is 21.1. The summed E-state index contributed by atoms with van der Waals surface area (Å²) in [7, 11) is 0. The molecule has 0 saturated carbocycles. The molecule has 2 aromatic heterocycles. The highest BCUT2D eigenvalue weighted by Gasteiger charge is 2.32. The summed E-state index contributed by atoms with van der Waals surface area (Å²) < 4.78 is 59.0. The highest BCUT2D eigenvalue weighted by atomic mass is 19.1. The van der Waals surface area contributed by atoms with E-state index in [2.05, 4.69) is 4.98 Å². The zero-order valence-electron chi connectivity index (χ0n) is 24.8. The molecule has 0 N–H and O–H groups in total. The van der Waals surface area contributed by atoms with Crippen molar-refractivity contribution >= 4 is 16.8 Å². The summed E-state index contributed by atoms with van der Waals surface area (Å²) >= 11 is 0. The van der Waals surface area contributed by atoms with E-state index < -0.39 is 17.2 Å². The second-order valence-electron chi connectivity index (χ2n) is 11.6. The van der Waals surface area contributed by atoms with Crippen molar-refractivity contribution in [3.63, 3.8) is 0 Å². The summed E-state index contributed by atoms with van der Waals surface area (Å²) in [6.07, 6.45) is 1.81. The number of rotatable bonds is 9. The van der Waals surface area contributed by atoms with Crippen LogP contribution in [0.3, 0.4) is 0 Å². The minimum atomic E-state index is -0.650. The number of aromatic nitrogens is 3. The summed E-state index contributed by atoms with van der Waals surface area (Å²) in [5.41, 5.74) is 2.97. The fourth-order valence-corrected chi connectivity index (χ4v) is 5.66. The first-order valence-electron chi connectivity index (χ1n) is 14.6. The smallest absolute Gasteiger partial charge is 0.214 e. The number of ether oxygens (including phenoxy) is 2. The summed E-state index contributed by atoms with van der Waals surface area (Å²) in [6, 6.07) is 17.2. The summed E-state index contributed by atoms with van der Waals surface area (Å²) in [5, 5.41) is 0. The van der Waals surface area contributed by atoms with E-state index in [0.29, 0.717) is 35.6 Å². The van der Waals surface area contributed by atoms with E-state index in [1.807, 2.05) is 11.5 Å². The van der Waals surface area contributed by atoms with Gasteiger partial charge in [0.05, 0.1) is 28.9 Å². The van der Waals surface area contributed by atoms with Crippen LogP contribution in [0.5, 0.6) is 5.88 Å². The maximum atomic E-state index is 15.6. The minimum Gasteiger partial charge on any atom is -0.473 e. The Bertz CT molecular complexity index is 1880. The van der Waals surface area contributed by atoms with E-state index in [4.69, 9.17) is 14.5 Å². The van der Waals surface area contributed by atoms with Crippen molar-refractivity contribution in [3.8, 4) is 17.1 Å². The van der Waals surface area contributed by atoms with Gasteiger partial charge in [-0.15, -0.1) is 0 Å². The van der Waals surface area contributed by atoms with Crippen molar-refractivity contribution < 1.29 is 27.4 Å². The van der Waals surface area contributed by atoms with Gasteiger partial charge >= 0.3 is 0 Å². The van der Waals surface area contributed by atoms with Gasteiger partial charge in [-0.3, -0.25) is 4.79 Å². The van der Waals surface area contributed by atoms with Gasteiger partial charge < -0.3 is 14.0 Å². The van der Waals surface area contributed by atoms with Gasteiger partial charge in [0.2, 0.25) is 5.88 Å². The fourth-order valence-electron chi connectivity index (χ4n) is 5.66. The van der Waals surface area contributed by atoms with Gasteiger partial charge in [-0.1, -0.05) is 18.2 Å². The molecule has 1 aliphatic heterocycles. The maximum Gasteiger partial charge on any atom is 0.214 e. The Morgan fingerprint density at radius 1 is 0.977 bits per heavy atom. The highest BCUT2D eigenvalue weighted by molar-refractivity contribution is 5.97. The zero-order valence-corrected chi connectivity index (χ0v) is 24.8. The van der Waals surface area contributed by atoms with Crippen molar-refractivity contribution in [2.75, 3.05) is 6.61 Å². The third kappa shape index (κ3) is 6.10. The number of halogens is 3. The highest BCUT2D eigenvalue weighted by Crippen LogP contribution is 2.32. The molecule has 0 bridgehead atoms. The molecule has 0 aliphatic carbocycles. The summed E-state index contributed by atoms with van der Waals surface area (Å²) in [4.78, 5) is 21.2. The van der Waals surface area contributed by atoms with Crippen LogP contribution < -0.4 is 4.74 Å².